The molecule has 0 saturated heterocycles. The standard InChI is InChI=1S/C25H33ClN2O5/c1-7-27(5)23(29)32-21-12-8-18(9-13-21)22(28(6)24(30)33-25(2,3)4)16-17-31-20-14-10-19(26)11-15-20/h8-15,22H,7,16-17H2,1-6H3. The molecule has 0 saturated carbocycles. The molecule has 0 spiro atoms. The molecule has 0 radical (unpaired) electrons. The summed E-state index contributed by atoms with van der Waals surface area (Å²) in [6, 6.07) is 13.9. The normalized spacial score (nSPS) is 12.0. The van der Waals surface area contributed by atoms with E-state index in [2.05, 4.69) is 0 Å². The second kappa shape index (κ2) is 11.8. The van der Waals surface area contributed by atoms with Crippen molar-refractivity contribution in [3.8, 4) is 11.5 Å². The minimum absolute atomic E-state index is 0.310. The van der Waals surface area contributed by atoms with Crippen molar-refractivity contribution in [3.63, 3.8) is 0 Å². The highest BCUT2D eigenvalue weighted by Crippen LogP contribution is 2.28. The van der Waals surface area contributed by atoms with E-state index in [0.717, 1.165) is 5.56 Å². The lowest BCUT2D eigenvalue weighted by atomic mass is 10.0. The van der Waals surface area contributed by atoms with Gasteiger partial charge in [0.15, 0.2) is 0 Å². The molecule has 33 heavy (non-hydrogen) atoms. The van der Waals surface area contributed by atoms with E-state index in [1.807, 2.05) is 39.8 Å². The Hall–Kier alpha value is -2.93. The van der Waals surface area contributed by atoms with Gasteiger partial charge in [-0.2, -0.15) is 0 Å². The highest BCUT2D eigenvalue weighted by Gasteiger charge is 2.26. The third kappa shape index (κ3) is 8.50. The van der Waals surface area contributed by atoms with Crippen LogP contribution in [-0.2, 0) is 4.74 Å². The van der Waals surface area contributed by atoms with Gasteiger partial charge >= 0.3 is 12.2 Å². The molecule has 0 aliphatic heterocycles. The average molecular weight is 477 g/mol. The van der Waals surface area contributed by atoms with Crippen molar-refractivity contribution in [2.45, 2.75) is 45.8 Å². The maximum absolute atomic E-state index is 12.7. The molecule has 2 aromatic rings. The molecule has 0 N–H and O–H groups in total. The SMILES string of the molecule is CCN(C)C(=O)Oc1ccc(C(CCOc2ccc(Cl)cc2)N(C)C(=O)OC(C)(C)C)cc1. The Bertz CT molecular complexity index is 910. The maximum atomic E-state index is 12.7. The van der Waals surface area contributed by atoms with Crippen LogP contribution in [0.4, 0.5) is 9.59 Å². The monoisotopic (exact) mass is 476 g/mol. The van der Waals surface area contributed by atoms with E-state index in [-0.39, 0.29) is 6.04 Å². The number of nitrogens with zero attached hydrogens (tertiary/aromatic N) is 2. The van der Waals surface area contributed by atoms with Crippen LogP contribution in [0.1, 0.15) is 45.7 Å². The third-order valence-corrected chi connectivity index (χ3v) is 5.13. The van der Waals surface area contributed by atoms with E-state index >= 15 is 0 Å². The summed E-state index contributed by atoms with van der Waals surface area (Å²) in [6.07, 6.45) is -0.334. The minimum Gasteiger partial charge on any atom is -0.494 e. The molecule has 0 heterocycles. The van der Waals surface area contributed by atoms with Gasteiger partial charge in [0.1, 0.15) is 17.1 Å². The fourth-order valence-electron chi connectivity index (χ4n) is 2.93. The van der Waals surface area contributed by atoms with Crippen molar-refractivity contribution in [2.24, 2.45) is 0 Å². The van der Waals surface area contributed by atoms with E-state index in [1.165, 1.54) is 4.90 Å². The fourth-order valence-corrected chi connectivity index (χ4v) is 3.06. The van der Waals surface area contributed by atoms with Crippen molar-refractivity contribution in [2.75, 3.05) is 27.2 Å². The molecular weight excluding hydrogens is 444 g/mol. The molecule has 2 aromatic carbocycles. The molecule has 0 aliphatic rings. The van der Waals surface area contributed by atoms with Gasteiger partial charge in [-0.3, -0.25) is 0 Å². The van der Waals surface area contributed by atoms with E-state index in [1.54, 1.807) is 55.4 Å². The summed E-state index contributed by atoms with van der Waals surface area (Å²) in [5.74, 6) is 1.13. The molecule has 0 aliphatic carbocycles. The van der Waals surface area contributed by atoms with Crippen LogP contribution in [0.25, 0.3) is 0 Å². The van der Waals surface area contributed by atoms with E-state index in [4.69, 9.17) is 25.8 Å². The Labute approximate surface area is 201 Å². The number of hydrogen-bond acceptors (Lipinski definition) is 5. The predicted molar refractivity (Wildman–Crippen MR) is 129 cm³/mol. The summed E-state index contributed by atoms with van der Waals surface area (Å²) in [4.78, 5) is 27.8. The summed E-state index contributed by atoms with van der Waals surface area (Å²) in [6.45, 7) is 8.27. The predicted octanol–water partition coefficient (Wildman–Crippen LogP) is 6.17. The number of ether oxygens (including phenoxy) is 3. The lowest BCUT2D eigenvalue weighted by Gasteiger charge is -2.31. The molecule has 1 unspecified atom stereocenters. The Morgan fingerprint density at radius 3 is 2.06 bits per heavy atom. The summed E-state index contributed by atoms with van der Waals surface area (Å²) in [7, 11) is 3.37. The van der Waals surface area contributed by atoms with Gasteiger partial charge in [0, 0.05) is 32.1 Å². The Morgan fingerprint density at radius 2 is 1.52 bits per heavy atom. The quantitative estimate of drug-likeness (QED) is 0.455. The van der Waals surface area contributed by atoms with Crippen LogP contribution in [0.3, 0.4) is 0 Å². The Morgan fingerprint density at radius 1 is 0.939 bits per heavy atom. The molecule has 1 atom stereocenters. The molecule has 0 bridgehead atoms. The van der Waals surface area contributed by atoms with Crippen molar-refractivity contribution < 1.29 is 23.8 Å². The molecule has 2 rings (SSSR count). The first kappa shape index (κ1) is 26.3. The fraction of sp³-hybridized carbons (Fsp3) is 0.440. The number of rotatable bonds is 8. The van der Waals surface area contributed by atoms with Gasteiger partial charge in [0.2, 0.25) is 0 Å². The highest BCUT2D eigenvalue weighted by atomic mass is 35.5. The Balaban J connectivity index is 2.15. The number of hydrogen-bond donors (Lipinski definition) is 0. The van der Waals surface area contributed by atoms with Crippen LogP contribution in [0.2, 0.25) is 5.02 Å². The van der Waals surface area contributed by atoms with Gasteiger partial charge in [-0.15, -0.1) is 0 Å². The van der Waals surface area contributed by atoms with Gasteiger partial charge < -0.3 is 24.0 Å². The maximum Gasteiger partial charge on any atom is 0.414 e. The summed E-state index contributed by atoms with van der Waals surface area (Å²) in [5, 5.41) is 0.635. The first-order chi connectivity index (χ1) is 15.5. The molecule has 180 valence electrons. The van der Waals surface area contributed by atoms with Gasteiger partial charge in [-0.1, -0.05) is 23.7 Å². The molecule has 0 aromatic heterocycles. The third-order valence-electron chi connectivity index (χ3n) is 4.88. The summed E-state index contributed by atoms with van der Waals surface area (Å²) >= 11 is 5.93. The van der Waals surface area contributed by atoms with Crippen molar-refractivity contribution in [1.29, 1.82) is 0 Å². The number of amides is 2. The van der Waals surface area contributed by atoms with Gasteiger partial charge in [-0.05, 0) is 69.7 Å². The van der Waals surface area contributed by atoms with Gasteiger partial charge in [-0.25, -0.2) is 9.59 Å². The lowest BCUT2D eigenvalue weighted by Crippen LogP contribution is -2.37. The number of carbonyl (C=O) groups excluding carboxylic acids is 2. The lowest BCUT2D eigenvalue weighted by molar-refractivity contribution is 0.0201. The smallest absolute Gasteiger partial charge is 0.414 e. The Kier molecular flexibility index (Phi) is 9.41. The largest absolute Gasteiger partial charge is 0.494 e. The van der Waals surface area contributed by atoms with Crippen LogP contribution in [0.15, 0.2) is 48.5 Å². The number of carbonyl (C=O) groups is 2. The number of halogens is 1. The molecule has 7 nitrogen and oxygen atoms in total. The molecule has 0 fully saturated rings. The highest BCUT2D eigenvalue weighted by molar-refractivity contribution is 6.30. The van der Waals surface area contributed by atoms with E-state index in [0.29, 0.717) is 36.1 Å². The first-order valence-corrected chi connectivity index (χ1v) is 11.2. The van der Waals surface area contributed by atoms with Crippen molar-refractivity contribution in [3.05, 3.63) is 59.1 Å². The average Bonchev–Trinajstić information content (AvgIpc) is 2.76. The zero-order valence-electron chi connectivity index (χ0n) is 20.1. The topological polar surface area (TPSA) is 68.3 Å². The van der Waals surface area contributed by atoms with Gasteiger partial charge in [0.25, 0.3) is 0 Å². The van der Waals surface area contributed by atoms with Crippen molar-refractivity contribution in [1.82, 2.24) is 9.80 Å². The van der Waals surface area contributed by atoms with Gasteiger partial charge in [0.05, 0.1) is 12.6 Å². The zero-order valence-corrected chi connectivity index (χ0v) is 20.9. The molecular formula is C25H33ClN2O5. The first-order valence-electron chi connectivity index (χ1n) is 10.9. The minimum atomic E-state index is -0.612. The second-order valence-electron chi connectivity index (χ2n) is 8.65. The van der Waals surface area contributed by atoms with Crippen LogP contribution in [0.5, 0.6) is 11.5 Å². The van der Waals surface area contributed by atoms with Crippen molar-refractivity contribution >= 4 is 23.8 Å². The molecule has 8 heteroatoms. The van der Waals surface area contributed by atoms with Crippen LogP contribution >= 0.6 is 11.6 Å². The molecule has 2 amide bonds. The van der Waals surface area contributed by atoms with E-state index < -0.39 is 17.8 Å². The number of benzene rings is 2. The van der Waals surface area contributed by atoms with Crippen LogP contribution in [-0.4, -0.2) is 54.8 Å². The van der Waals surface area contributed by atoms with Crippen LogP contribution < -0.4 is 9.47 Å². The second-order valence-corrected chi connectivity index (χ2v) is 9.09. The summed E-state index contributed by atoms with van der Waals surface area (Å²) < 4.78 is 16.8. The van der Waals surface area contributed by atoms with E-state index in [9.17, 15) is 9.59 Å². The van der Waals surface area contributed by atoms with Crippen LogP contribution in [0, 0.1) is 0 Å². The zero-order chi connectivity index (χ0) is 24.6. The summed E-state index contributed by atoms with van der Waals surface area (Å²) in [5.41, 5.74) is 0.255.